The van der Waals surface area contributed by atoms with E-state index in [1.807, 2.05) is 0 Å². The standard InChI is InChI=1S/C11H13BrClNO/c1-2-3-4-14-11(15)8-5-9(12)7-10(13)6-8/h5-7H,2-4H2,1H3,(H,14,15). The van der Waals surface area contributed by atoms with Gasteiger partial charge < -0.3 is 5.32 Å². The summed E-state index contributed by atoms with van der Waals surface area (Å²) >= 11 is 9.14. The lowest BCUT2D eigenvalue weighted by Gasteiger charge is -2.05. The van der Waals surface area contributed by atoms with Crippen molar-refractivity contribution in [2.75, 3.05) is 6.54 Å². The van der Waals surface area contributed by atoms with Crippen LogP contribution in [0.3, 0.4) is 0 Å². The smallest absolute Gasteiger partial charge is 0.251 e. The molecule has 0 spiro atoms. The summed E-state index contributed by atoms with van der Waals surface area (Å²) < 4.78 is 0.815. The SMILES string of the molecule is CCCCNC(=O)c1cc(Cl)cc(Br)c1. The van der Waals surface area contributed by atoms with Gasteiger partial charge in [-0.2, -0.15) is 0 Å². The van der Waals surface area contributed by atoms with E-state index in [0.717, 1.165) is 17.3 Å². The van der Waals surface area contributed by atoms with E-state index in [2.05, 4.69) is 28.2 Å². The summed E-state index contributed by atoms with van der Waals surface area (Å²) in [6, 6.07) is 5.17. The zero-order valence-corrected chi connectivity index (χ0v) is 10.9. The Labute approximate surface area is 103 Å². The van der Waals surface area contributed by atoms with Gasteiger partial charge in [-0.15, -0.1) is 0 Å². The molecule has 1 aromatic rings. The summed E-state index contributed by atoms with van der Waals surface area (Å²) in [5.74, 6) is -0.0772. The summed E-state index contributed by atoms with van der Waals surface area (Å²) in [4.78, 5) is 11.6. The molecule has 0 bridgehead atoms. The van der Waals surface area contributed by atoms with E-state index in [0.29, 0.717) is 17.1 Å². The quantitative estimate of drug-likeness (QED) is 0.843. The van der Waals surface area contributed by atoms with E-state index < -0.39 is 0 Å². The fourth-order valence-corrected chi connectivity index (χ4v) is 2.03. The number of hydrogen-bond donors (Lipinski definition) is 1. The molecule has 1 N–H and O–H groups in total. The molecule has 82 valence electrons. The van der Waals surface area contributed by atoms with Gasteiger partial charge in [0.2, 0.25) is 0 Å². The van der Waals surface area contributed by atoms with Gasteiger partial charge in [0.15, 0.2) is 0 Å². The minimum Gasteiger partial charge on any atom is -0.352 e. The lowest BCUT2D eigenvalue weighted by Crippen LogP contribution is -2.24. The third-order valence-corrected chi connectivity index (χ3v) is 2.62. The summed E-state index contributed by atoms with van der Waals surface area (Å²) in [5.41, 5.74) is 0.588. The molecule has 1 amide bonds. The van der Waals surface area contributed by atoms with Crippen LogP contribution in [0.1, 0.15) is 30.1 Å². The van der Waals surface area contributed by atoms with Crippen molar-refractivity contribution < 1.29 is 4.79 Å². The summed E-state index contributed by atoms with van der Waals surface area (Å²) in [5, 5.41) is 3.40. The van der Waals surface area contributed by atoms with Crippen LogP contribution < -0.4 is 5.32 Å². The monoisotopic (exact) mass is 289 g/mol. The summed E-state index contributed by atoms with van der Waals surface area (Å²) in [7, 11) is 0. The first-order valence-electron chi connectivity index (χ1n) is 4.87. The van der Waals surface area contributed by atoms with Gasteiger partial charge in [-0.1, -0.05) is 40.9 Å². The lowest BCUT2D eigenvalue weighted by atomic mass is 10.2. The zero-order chi connectivity index (χ0) is 11.3. The minimum atomic E-state index is -0.0772. The number of hydrogen-bond acceptors (Lipinski definition) is 1. The second kappa shape index (κ2) is 6.13. The number of nitrogens with one attached hydrogen (secondary N) is 1. The molecule has 0 heterocycles. The summed E-state index contributed by atoms with van der Waals surface area (Å²) in [6.45, 7) is 2.79. The molecule has 0 radical (unpaired) electrons. The van der Waals surface area contributed by atoms with Crippen molar-refractivity contribution in [3.63, 3.8) is 0 Å². The first kappa shape index (κ1) is 12.5. The molecule has 2 nitrogen and oxygen atoms in total. The molecule has 1 aromatic carbocycles. The number of amides is 1. The van der Waals surface area contributed by atoms with Crippen LogP contribution in [0.2, 0.25) is 5.02 Å². The van der Waals surface area contributed by atoms with Crippen LogP contribution in [0.15, 0.2) is 22.7 Å². The Morgan fingerprint density at radius 2 is 2.20 bits per heavy atom. The topological polar surface area (TPSA) is 29.1 Å². The Morgan fingerprint density at radius 3 is 2.80 bits per heavy atom. The molecule has 0 aromatic heterocycles. The number of halogens is 2. The average molecular weight is 291 g/mol. The van der Waals surface area contributed by atoms with Crippen molar-refractivity contribution in [3.8, 4) is 0 Å². The molecule has 0 aliphatic carbocycles. The Hall–Kier alpha value is -0.540. The minimum absolute atomic E-state index is 0.0772. The van der Waals surface area contributed by atoms with Gasteiger partial charge in [-0.3, -0.25) is 4.79 Å². The fraction of sp³-hybridized carbons (Fsp3) is 0.364. The molecule has 4 heteroatoms. The van der Waals surface area contributed by atoms with Gasteiger partial charge in [0.25, 0.3) is 5.91 Å². The molecule has 1 rings (SSSR count). The third-order valence-electron chi connectivity index (χ3n) is 1.94. The van der Waals surface area contributed by atoms with Gasteiger partial charge >= 0.3 is 0 Å². The van der Waals surface area contributed by atoms with E-state index in [-0.39, 0.29) is 5.91 Å². The Bertz CT molecular complexity index is 334. The molecule has 0 atom stereocenters. The molecular weight excluding hydrogens is 277 g/mol. The molecule has 0 aliphatic rings. The van der Waals surface area contributed by atoms with E-state index >= 15 is 0 Å². The van der Waals surface area contributed by atoms with Crippen LogP contribution in [0.4, 0.5) is 0 Å². The molecule has 0 saturated carbocycles. The average Bonchev–Trinajstić information content (AvgIpc) is 2.16. The highest BCUT2D eigenvalue weighted by Gasteiger charge is 2.06. The molecular formula is C11H13BrClNO. The maximum Gasteiger partial charge on any atom is 0.251 e. The van der Waals surface area contributed by atoms with E-state index in [9.17, 15) is 4.79 Å². The number of carbonyl (C=O) groups excluding carboxylic acids is 1. The fourth-order valence-electron chi connectivity index (χ4n) is 1.17. The van der Waals surface area contributed by atoms with E-state index in [1.165, 1.54) is 0 Å². The second-order valence-electron chi connectivity index (χ2n) is 3.27. The van der Waals surface area contributed by atoms with Crippen molar-refractivity contribution in [2.45, 2.75) is 19.8 Å². The van der Waals surface area contributed by atoms with Crippen molar-refractivity contribution in [1.29, 1.82) is 0 Å². The zero-order valence-electron chi connectivity index (χ0n) is 8.52. The van der Waals surface area contributed by atoms with Gasteiger partial charge in [-0.05, 0) is 24.6 Å². The van der Waals surface area contributed by atoms with Gasteiger partial charge in [0.05, 0.1) is 0 Å². The van der Waals surface area contributed by atoms with E-state index in [4.69, 9.17) is 11.6 Å². The van der Waals surface area contributed by atoms with Crippen molar-refractivity contribution in [3.05, 3.63) is 33.3 Å². The largest absolute Gasteiger partial charge is 0.352 e. The molecule has 0 aliphatic heterocycles. The van der Waals surface area contributed by atoms with Gasteiger partial charge in [-0.25, -0.2) is 0 Å². The highest BCUT2D eigenvalue weighted by atomic mass is 79.9. The normalized spacial score (nSPS) is 10.1. The van der Waals surface area contributed by atoms with Crippen LogP contribution in [0.25, 0.3) is 0 Å². The van der Waals surface area contributed by atoms with Crippen LogP contribution in [-0.4, -0.2) is 12.5 Å². The van der Waals surface area contributed by atoms with E-state index in [1.54, 1.807) is 18.2 Å². The lowest BCUT2D eigenvalue weighted by molar-refractivity contribution is 0.0953. The van der Waals surface area contributed by atoms with Crippen LogP contribution in [0, 0.1) is 0 Å². The number of rotatable bonds is 4. The number of unbranched alkanes of at least 4 members (excludes halogenated alkanes) is 1. The predicted octanol–water partition coefficient (Wildman–Crippen LogP) is 3.63. The Kier molecular flexibility index (Phi) is 5.12. The molecule has 0 fully saturated rings. The Morgan fingerprint density at radius 1 is 1.47 bits per heavy atom. The van der Waals surface area contributed by atoms with Crippen molar-refractivity contribution in [1.82, 2.24) is 5.32 Å². The van der Waals surface area contributed by atoms with Crippen molar-refractivity contribution >= 4 is 33.4 Å². The van der Waals surface area contributed by atoms with Crippen LogP contribution >= 0.6 is 27.5 Å². The molecule has 15 heavy (non-hydrogen) atoms. The Balaban J connectivity index is 2.65. The van der Waals surface area contributed by atoms with Crippen molar-refractivity contribution in [2.24, 2.45) is 0 Å². The first-order chi connectivity index (χ1) is 7.13. The highest BCUT2D eigenvalue weighted by Crippen LogP contribution is 2.19. The number of carbonyl (C=O) groups is 1. The van der Waals surface area contributed by atoms with Gasteiger partial charge in [0.1, 0.15) is 0 Å². The van der Waals surface area contributed by atoms with Crippen LogP contribution in [0.5, 0.6) is 0 Å². The maximum absolute atomic E-state index is 11.6. The van der Waals surface area contributed by atoms with Crippen LogP contribution in [-0.2, 0) is 0 Å². The highest BCUT2D eigenvalue weighted by molar-refractivity contribution is 9.10. The molecule has 0 saturated heterocycles. The second-order valence-corrected chi connectivity index (χ2v) is 4.62. The first-order valence-corrected chi connectivity index (χ1v) is 6.05. The summed E-state index contributed by atoms with van der Waals surface area (Å²) in [6.07, 6.45) is 2.06. The van der Waals surface area contributed by atoms with Gasteiger partial charge in [0, 0.05) is 21.6 Å². The maximum atomic E-state index is 11.6. The predicted molar refractivity (Wildman–Crippen MR) is 66.4 cm³/mol. The molecule has 0 unspecified atom stereocenters. The number of benzene rings is 1. The third kappa shape index (κ3) is 4.22.